The number of unbranched alkanes of at least 4 members (excludes halogenated alkanes) is 2. The predicted octanol–water partition coefficient (Wildman–Crippen LogP) is 4.65. The van der Waals surface area contributed by atoms with Crippen LogP contribution in [0.2, 0.25) is 0 Å². The van der Waals surface area contributed by atoms with Crippen molar-refractivity contribution in [3.63, 3.8) is 0 Å². The van der Waals surface area contributed by atoms with E-state index >= 15 is 0 Å². The lowest BCUT2D eigenvalue weighted by Gasteiger charge is -2.29. The first-order valence-corrected chi connectivity index (χ1v) is 7.70. The third kappa shape index (κ3) is 4.52. The van der Waals surface area contributed by atoms with Gasteiger partial charge in [0.1, 0.15) is 6.61 Å². The summed E-state index contributed by atoms with van der Waals surface area (Å²) in [6.07, 6.45) is 9.08. The van der Waals surface area contributed by atoms with Gasteiger partial charge in [0.05, 0.1) is 0 Å². The fourth-order valence-corrected chi connectivity index (χ4v) is 2.60. The molecule has 108 valence electrons. The highest BCUT2D eigenvalue weighted by Crippen LogP contribution is 2.37. The van der Waals surface area contributed by atoms with Crippen LogP contribution in [0, 0.1) is 5.92 Å². The Balaban J connectivity index is 1.74. The molecule has 2 heteroatoms. The van der Waals surface area contributed by atoms with E-state index in [1.807, 2.05) is 30.3 Å². The molecule has 0 heterocycles. The second kappa shape index (κ2) is 7.88. The van der Waals surface area contributed by atoms with Crippen molar-refractivity contribution in [2.45, 2.75) is 52.1 Å². The molecule has 1 aliphatic rings. The number of hydrogen-bond donors (Lipinski definition) is 0. The van der Waals surface area contributed by atoms with Gasteiger partial charge in [0.2, 0.25) is 0 Å². The van der Waals surface area contributed by atoms with Crippen LogP contribution in [0.5, 0.6) is 0 Å². The van der Waals surface area contributed by atoms with Crippen molar-refractivity contribution in [1.29, 1.82) is 0 Å². The number of esters is 1. The van der Waals surface area contributed by atoms with E-state index in [0.29, 0.717) is 12.5 Å². The molecule has 0 bridgehead atoms. The van der Waals surface area contributed by atoms with Gasteiger partial charge in [0.15, 0.2) is 0 Å². The second-order valence-electron chi connectivity index (χ2n) is 5.54. The number of carbonyl (C=O) groups excluding carboxylic acids is 1. The quantitative estimate of drug-likeness (QED) is 0.410. The predicted molar refractivity (Wildman–Crippen MR) is 81.2 cm³/mol. The SMILES string of the molecule is CCCCCC1CCC1=CC(=O)OCc1ccccc1. The monoisotopic (exact) mass is 272 g/mol. The summed E-state index contributed by atoms with van der Waals surface area (Å²) < 4.78 is 5.29. The highest BCUT2D eigenvalue weighted by atomic mass is 16.5. The van der Waals surface area contributed by atoms with Crippen molar-refractivity contribution in [1.82, 2.24) is 0 Å². The smallest absolute Gasteiger partial charge is 0.331 e. The Kier molecular flexibility index (Phi) is 5.85. The van der Waals surface area contributed by atoms with Gasteiger partial charge in [-0.25, -0.2) is 4.79 Å². The van der Waals surface area contributed by atoms with Gasteiger partial charge in [0, 0.05) is 6.08 Å². The standard InChI is InChI=1S/C18H24O2/c1-2-3-5-10-16-11-12-17(16)13-18(19)20-14-15-8-6-4-7-9-15/h4,6-9,13,16H,2-3,5,10-12,14H2,1H3. The van der Waals surface area contributed by atoms with Crippen molar-refractivity contribution >= 4 is 5.97 Å². The number of allylic oxidation sites excluding steroid dienone is 1. The third-order valence-corrected chi connectivity index (χ3v) is 3.99. The van der Waals surface area contributed by atoms with E-state index in [0.717, 1.165) is 12.0 Å². The van der Waals surface area contributed by atoms with E-state index in [4.69, 9.17) is 4.74 Å². The lowest BCUT2D eigenvalue weighted by Crippen LogP contribution is -2.17. The number of carbonyl (C=O) groups is 1. The molecule has 2 nitrogen and oxygen atoms in total. The molecule has 1 saturated carbocycles. The Morgan fingerprint density at radius 1 is 1.30 bits per heavy atom. The zero-order valence-corrected chi connectivity index (χ0v) is 12.3. The Bertz CT molecular complexity index is 448. The number of rotatable bonds is 7. The Hall–Kier alpha value is -1.57. The minimum atomic E-state index is -0.191. The fraction of sp³-hybridized carbons (Fsp3) is 0.500. The average molecular weight is 272 g/mol. The van der Waals surface area contributed by atoms with Crippen LogP contribution in [0.25, 0.3) is 0 Å². The van der Waals surface area contributed by atoms with Crippen molar-refractivity contribution in [2.24, 2.45) is 5.92 Å². The summed E-state index contributed by atoms with van der Waals surface area (Å²) in [4.78, 5) is 11.8. The van der Waals surface area contributed by atoms with E-state index in [2.05, 4.69) is 6.92 Å². The van der Waals surface area contributed by atoms with Crippen LogP contribution < -0.4 is 0 Å². The third-order valence-electron chi connectivity index (χ3n) is 3.99. The molecule has 1 unspecified atom stereocenters. The molecule has 1 fully saturated rings. The largest absolute Gasteiger partial charge is 0.458 e. The molecule has 1 aromatic rings. The van der Waals surface area contributed by atoms with E-state index in [-0.39, 0.29) is 5.97 Å². The minimum absolute atomic E-state index is 0.191. The molecule has 0 aliphatic heterocycles. The maximum atomic E-state index is 11.8. The van der Waals surface area contributed by atoms with Crippen LogP contribution in [-0.4, -0.2) is 5.97 Å². The van der Waals surface area contributed by atoms with Crippen LogP contribution in [0.1, 0.15) is 51.0 Å². The summed E-state index contributed by atoms with van der Waals surface area (Å²) in [7, 11) is 0. The van der Waals surface area contributed by atoms with Crippen LogP contribution in [-0.2, 0) is 16.1 Å². The molecule has 0 amide bonds. The summed E-state index contributed by atoms with van der Waals surface area (Å²) in [6, 6.07) is 9.81. The highest BCUT2D eigenvalue weighted by Gasteiger charge is 2.24. The van der Waals surface area contributed by atoms with E-state index in [1.54, 1.807) is 6.08 Å². The topological polar surface area (TPSA) is 26.3 Å². The molecule has 0 radical (unpaired) electrons. The molecular weight excluding hydrogens is 248 g/mol. The summed E-state index contributed by atoms with van der Waals surface area (Å²) >= 11 is 0. The molecule has 0 N–H and O–H groups in total. The molecule has 1 aromatic carbocycles. The maximum absolute atomic E-state index is 11.8. The van der Waals surface area contributed by atoms with Gasteiger partial charge >= 0.3 is 5.97 Å². The number of hydrogen-bond acceptors (Lipinski definition) is 2. The van der Waals surface area contributed by atoms with E-state index < -0.39 is 0 Å². The van der Waals surface area contributed by atoms with Crippen molar-refractivity contribution < 1.29 is 9.53 Å². The molecule has 0 spiro atoms. The normalized spacial score (nSPS) is 19.6. The molecule has 1 atom stereocenters. The summed E-state index contributed by atoms with van der Waals surface area (Å²) in [6.45, 7) is 2.59. The number of benzene rings is 1. The fourth-order valence-electron chi connectivity index (χ4n) is 2.60. The maximum Gasteiger partial charge on any atom is 0.331 e. The van der Waals surface area contributed by atoms with Gasteiger partial charge in [-0.1, -0.05) is 62.1 Å². The van der Waals surface area contributed by atoms with Crippen LogP contribution in [0.4, 0.5) is 0 Å². The Labute approximate surface area is 121 Å². The lowest BCUT2D eigenvalue weighted by atomic mass is 9.76. The summed E-state index contributed by atoms with van der Waals surface area (Å²) in [5.41, 5.74) is 2.33. The molecular formula is C18H24O2. The van der Waals surface area contributed by atoms with Gasteiger partial charge in [-0.15, -0.1) is 0 Å². The van der Waals surface area contributed by atoms with Gasteiger partial charge in [0.25, 0.3) is 0 Å². The Morgan fingerprint density at radius 2 is 2.10 bits per heavy atom. The first-order valence-electron chi connectivity index (χ1n) is 7.70. The minimum Gasteiger partial charge on any atom is -0.458 e. The first kappa shape index (κ1) is 14.8. The second-order valence-corrected chi connectivity index (χ2v) is 5.54. The van der Waals surface area contributed by atoms with Crippen molar-refractivity contribution in [3.05, 3.63) is 47.5 Å². The van der Waals surface area contributed by atoms with Crippen LogP contribution in [0.3, 0.4) is 0 Å². The average Bonchev–Trinajstić information content (AvgIpc) is 2.47. The van der Waals surface area contributed by atoms with E-state index in [9.17, 15) is 4.79 Å². The Morgan fingerprint density at radius 3 is 2.75 bits per heavy atom. The molecule has 1 aliphatic carbocycles. The zero-order chi connectivity index (χ0) is 14.2. The summed E-state index contributed by atoms with van der Waals surface area (Å²) in [5, 5.41) is 0. The zero-order valence-electron chi connectivity index (χ0n) is 12.3. The van der Waals surface area contributed by atoms with Crippen LogP contribution in [0.15, 0.2) is 42.0 Å². The van der Waals surface area contributed by atoms with Gasteiger partial charge < -0.3 is 4.74 Å². The van der Waals surface area contributed by atoms with Gasteiger partial charge in [-0.3, -0.25) is 0 Å². The van der Waals surface area contributed by atoms with Crippen molar-refractivity contribution in [2.75, 3.05) is 0 Å². The highest BCUT2D eigenvalue weighted by molar-refractivity contribution is 5.83. The lowest BCUT2D eigenvalue weighted by molar-refractivity contribution is -0.139. The van der Waals surface area contributed by atoms with Crippen LogP contribution >= 0.6 is 0 Å². The molecule has 2 rings (SSSR count). The van der Waals surface area contributed by atoms with Gasteiger partial charge in [-0.2, -0.15) is 0 Å². The molecule has 0 saturated heterocycles. The van der Waals surface area contributed by atoms with Crippen molar-refractivity contribution in [3.8, 4) is 0 Å². The molecule has 20 heavy (non-hydrogen) atoms. The number of ether oxygens (including phenoxy) is 1. The first-order chi connectivity index (χ1) is 9.79. The summed E-state index contributed by atoms with van der Waals surface area (Å²) in [5.74, 6) is 0.440. The van der Waals surface area contributed by atoms with E-state index in [1.165, 1.54) is 37.7 Å². The van der Waals surface area contributed by atoms with Gasteiger partial charge in [-0.05, 0) is 30.7 Å². The molecule has 0 aromatic heterocycles.